The van der Waals surface area contributed by atoms with E-state index < -0.39 is 10.0 Å². The summed E-state index contributed by atoms with van der Waals surface area (Å²) in [5, 5.41) is 2.77. The predicted molar refractivity (Wildman–Crippen MR) is 120 cm³/mol. The molecular formula is C23H24N2O6S. The van der Waals surface area contributed by atoms with Crippen LogP contribution in [0, 0.1) is 0 Å². The maximum atomic E-state index is 12.5. The van der Waals surface area contributed by atoms with Gasteiger partial charge in [0.05, 0.1) is 18.6 Å². The van der Waals surface area contributed by atoms with Gasteiger partial charge in [0.15, 0.2) is 0 Å². The second kappa shape index (κ2) is 10.3. The van der Waals surface area contributed by atoms with E-state index in [2.05, 4.69) is 5.32 Å². The number of anilines is 1. The number of nitrogens with one attached hydrogen (secondary N) is 1. The molecular weight excluding hydrogens is 432 g/mol. The third-order valence-corrected chi connectivity index (χ3v) is 6.19. The average Bonchev–Trinajstić information content (AvgIpc) is 2.81. The first-order valence-corrected chi connectivity index (χ1v) is 11.2. The number of carbonyl (C=O) groups excluding carboxylic acids is 1. The van der Waals surface area contributed by atoms with Crippen LogP contribution in [0.5, 0.6) is 17.2 Å². The predicted octanol–water partition coefficient (Wildman–Crippen LogP) is 4.31. The summed E-state index contributed by atoms with van der Waals surface area (Å²) >= 11 is 0. The fraction of sp³-hybridized carbons (Fsp3) is 0.174. The summed E-state index contributed by atoms with van der Waals surface area (Å²) < 4.78 is 36.4. The molecule has 0 aliphatic carbocycles. The normalized spacial score (nSPS) is 11.2. The van der Waals surface area contributed by atoms with Crippen molar-refractivity contribution in [3.05, 3.63) is 78.4 Å². The summed E-state index contributed by atoms with van der Waals surface area (Å²) in [5.41, 5.74) is 0.892. The fourth-order valence-electron chi connectivity index (χ4n) is 2.74. The summed E-state index contributed by atoms with van der Waals surface area (Å²) in [6.45, 7) is 2.52. The lowest BCUT2D eigenvalue weighted by Crippen LogP contribution is -2.25. The first-order chi connectivity index (χ1) is 15.3. The fourth-order valence-corrected chi connectivity index (χ4v) is 3.71. The van der Waals surface area contributed by atoms with Gasteiger partial charge in [-0.3, -0.25) is 9.63 Å². The molecule has 0 aliphatic rings. The van der Waals surface area contributed by atoms with Crippen molar-refractivity contribution in [2.24, 2.45) is 0 Å². The molecule has 9 heteroatoms. The Kier molecular flexibility index (Phi) is 7.47. The van der Waals surface area contributed by atoms with E-state index in [0.29, 0.717) is 29.4 Å². The molecule has 3 aromatic rings. The standard InChI is InChI=1S/C23H24N2O6S/c1-4-30-19-11-13-21(14-12-19)31-20-9-7-18(8-10-20)24-23(26)17-5-15-22(16-6-17)32(27,28)25(2)29-3/h5-16H,4H2,1-3H3,(H,24,26). The molecule has 0 heterocycles. The molecule has 0 spiro atoms. The number of rotatable bonds is 9. The van der Waals surface area contributed by atoms with Gasteiger partial charge in [-0.1, -0.05) is 4.47 Å². The third kappa shape index (κ3) is 5.64. The molecule has 3 rings (SSSR count). The number of hydrogen-bond acceptors (Lipinski definition) is 6. The molecule has 0 unspecified atom stereocenters. The van der Waals surface area contributed by atoms with E-state index in [0.717, 1.165) is 10.2 Å². The number of hydroxylamine groups is 1. The number of amides is 1. The lowest BCUT2D eigenvalue weighted by Gasteiger charge is -2.14. The second-order valence-electron chi connectivity index (χ2n) is 6.61. The molecule has 32 heavy (non-hydrogen) atoms. The Balaban J connectivity index is 1.62. The van der Waals surface area contributed by atoms with E-state index in [1.54, 1.807) is 24.3 Å². The maximum absolute atomic E-state index is 12.5. The molecule has 0 saturated carbocycles. The number of benzene rings is 3. The highest BCUT2D eigenvalue weighted by atomic mass is 32.2. The van der Waals surface area contributed by atoms with E-state index in [1.165, 1.54) is 38.4 Å². The van der Waals surface area contributed by atoms with Crippen LogP contribution in [0.1, 0.15) is 17.3 Å². The van der Waals surface area contributed by atoms with Crippen molar-refractivity contribution >= 4 is 21.6 Å². The summed E-state index contributed by atoms with van der Waals surface area (Å²) in [6, 6.07) is 19.8. The molecule has 1 N–H and O–H groups in total. The number of sulfonamides is 1. The zero-order valence-corrected chi connectivity index (χ0v) is 18.8. The average molecular weight is 457 g/mol. The molecule has 1 amide bonds. The van der Waals surface area contributed by atoms with Crippen LogP contribution in [0.15, 0.2) is 77.7 Å². The number of carbonyl (C=O) groups is 1. The summed E-state index contributed by atoms with van der Waals surface area (Å²) in [6.07, 6.45) is 0. The smallest absolute Gasteiger partial charge is 0.264 e. The maximum Gasteiger partial charge on any atom is 0.264 e. The van der Waals surface area contributed by atoms with Crippen LogP contribution in [0.3, 0.4) is 0 Å². The van der Waals surface area contributed by atoms with Crippen LogP contribution < -0.4 is 14.8 Å². The minimum absolute atomic E-state index is 0.0224. The van der Waals surface area contributed by atoms with E-state index in [1.807, 2.05) is 31.2 Å². The van der Waals surface area contributed by atoms with Crippen LogP contribution in [0.4, 0.5) is 5.69 Å². The van der Waals surface area contributed by atoms with Gasteiger partial charge in [-0.05, 0) is 79.7 Å². The van der Waals surface area contributed by atoms with Gasteiger partial charge in [-0.2, -0.15) is 0 Å². The van der Waals surface area contributed by atoms with Gasteiger partial charge in [-0.25, -0.2) is 8.42 Å². The molecule has 0 bridgehead atoms. The Morgan fingerprint density at radius 2 is 1.41 bits per heavy atom. The van der Waals surface area contributed by atoms with Crippen molar-refractivity contribution in [3.63, 3.8) is 0 Å². The monoisotopic (exact) mass is 456 g/mol. The van der Waals surface area contributed by atoms with E-state index in [4.69, 9.17) is 14.3 Å². The van der Waals surface area contributed by atoms with Crippen molar-refractivity contribution in [2.45, 2.75) is 11.8 Å². The molecule has 0 atom stereocenters. The summed E-state index contributed by atoms with van der Waals surface area (Å²) in [7, 11) is -1.22. The quantitative estimate of drug-likeness (QED) is 0.482. The highest BCUT2D eigenvalue weighted by Gasteiger charge is 2.21. The Morgan fingerprint density at radius 1 is 0.875 bits per heavy atom. The van der Waals surface area contributed by atoms with Crippen LogP contribution in [-0.4, -0.2) is 39.6 Å². The number of ether oxygens (including phenoxy) is 2. The molecule has 0 saturated heterocycles. The highest BCUT2D eigenvalue weighted by molar-refractivity contribution is 7.89. The summed E-state index contributed by atoms with van der Waals surface area (Å²) in [5.74, 6) is 1.69. The SMILES string of the molecule is CCOc1ccc(Oc2ccc(NC(=O)c3ccc(S(=O)(=O)N(C)OC)cc3)cc2)cc1. The van der Waals surface area contributed by atoms with Crippen LogP contribution in [0.25, 0.3) is 0 Å². The van der Waals surface area contributed by atoms with Gasteiger partial charge in [-0.15, -0.1) is 0 Å². The van der Waals surface area contributed by atoms with Gasteiger partial charge in [0, 0.05) is 18.3 Å². The number of hydrogen-bond donors (Lipinski definition) is 1. The van der Waals surface area contributed by atoms with Crippen molar-refractivity contribution in [2.75, 3.05) is 26.1 Å². The van der Waals surface area contributed by atoms with Crippen LogP contribution in [-0.2, 0) is 14.9 Å². The van der Waals surface area contributed by atoms with E-state index in [9.17, 15) is 13.2 Å². The molecule has 0 aliphatic heterocycles. The van der Waals surface area contributed by atoms with E-state index in [-0.39, 0.29) is 10.8 Å². The highest BCUT2D eigenvalue weighted by Crippen LogP contribution is 2.25. The lowest BCUT2D eigenvalue weighted by molar-refractivity contribution is -0.0258. The Morgan fingerprint density at radius 3 is 1.94 bits per heavy atom. The van der Waals surface area contributed by atoms with Gasteiger partial charge < -0.3 is 14.8 Å². The first-order valence-electron chi connectivity index (χ1n) is 9.78. The molecule has 168 valence electrons. The van der Waals surface area contributed by atoms with E-state index >= 15 is 0 Å². The first kappa shape index (κ1) is 23.3. The summed E-state index contributed by atoms with van der Waals surface area (Å²) in [4.78, 5) is 17.2. The Bertz CT molecular complexity index is 1140. The van der Waals surface area contributed by atoms with Gasteiger partial charge in [0.2, 0.25) is 0 Å². The van der Waals surface area contributed by atoms with Crippen LogP contribution in [0.2, 0.25) is 0 Å². The zero-order valence-electron chi connectivity index (χ0n) is 17.9. The van der Waals surface area contributed by atoms with Gasteiger partial charge in [0.1, 0.15) is 17.2 Å². The Labute approximate surface area is 187 Å². The minimum Gasteiger partial charge on any atom is -0.494 e. The molecule has 8 nitrogen and oxygen atoms in total. The molecule has 0 radical (unpaired) electrons. The lowest BCUT2D eigenvalue weighted by atomic mass is 10.2. The number of nitrogens with zero attached hydrogens (tertiary/aromatic N) is 1. The second-order valence-corrected chi connectivity index (χ2v) is 8.54. The molecule has 0 aromatic heterocycles. The minimum atomic E-state index is -3.77. The van der Waals surface area contributed by atoms with Crippen molar-refractivity contribution in [3.8, 4) is 17.2 Å². The van der Waals surface area contributed by atoms with Crippen molar-refractivity contribution < 1.29 is 27.5 Å². The Hall–Kier alpha value is -3.40. The van der Waals surface area contributed by atoms with Gasteiger partial charge in [0.25, 0.3) is 15.9 Å². The molecule has 3 aromatic carbocycles. The van der Waals surface area contributed by atoms with Gasteiger partial charge >= 0.3 is 0 Å². The van der Waals surface area contributed by atoms with Crippen LogP contribution >= 0.6 is 0 Å². The van der Waals surface area contributed by atoms with Crippen molar-refractivity contribution in [1.82, 2.24) is 4.47 Å². The molecule has 0 fully saturated rings. The largest absolute Gasteiger partial charge is 0.494 e. The zero-order chi connectivity index (χ0) is 23.1. The third-order valence-electron chi connectivity index (χ3n) is 4.49. The van der Waals surface area contributed by atoms with Crippen molar-refractivity contribution in [1.29, 1.82) is 0 Å². The topological polar surface area (TPSA) is 94.2 Å².